The van der Waals surface area contributed by atoms with Gasteiger partial charge in [0.15, 0.2) is 0 Å². The lowest BCUT2D eigenvalue weighted by atomic mass is 10.1. The second-order valence-electron chi connectivity index (χ2n) is 7.39. The summed E-state index contributed by atoms with van der Waals surface area (Å²) in [5, 5.41) is 4.04. The molecular formula is C21H20FN5O2. The number of benzene rings is 1. The number of carbonyl (C=O) groups is 1. The number of amides is 1. The Morgan fingerprint density at radius 1 is 1.07 bits per heavy atom. The lowest BCUT2D eigenvalue weighted by Crippen LogP contribution is -2.49. The highest BCUT2D eigenvalue weighted by Gasteiger charge is 2.30. The van der Waals surface area contributed by atoms with Crippen LogP contribution in [0.2, 0.25) is 0 Å². The Morgan fingerprint density at radius 3 is 2.55 bits per heavy atom. The highest BCUT2D eigenvalue weighted by molar-refractivity contribution is 5.94. The van der Waals surface area contributed by atoms with Gasteiger partial charge < -0.3 is 14.3 Å². The number of pyridine rings is 1. The van der Waals surface area contributed by atoms with Crippen LogP contribution in [-0.4, -0.2) is 52.1 Å². The molecule has 0 spiro atoms. The van der Waals surface area contributed by atoms with Gasteiger partial charge in [-0.05, 0) is 37.1 Å². The smallest absolute Gasteiger partial charge is 0.256 e. The Hall–Kier alpha value is -3.29. The summed E-state index contributed by atoms with van der Waals surface area (Å²) >= 11 is 0. The number of halogens is 1. The van der Waals surface area contributed by atoms with E-state index in [0.717, 1.165) is 24.2 Å². The molecule has 3 heterocycles. The van der Waals surface area contributed by atoms with Crippen LogP contribution in [0.1, 0.15) is 35.0 Å². The fourth-order valence-corrected chi connectivity index (χ4v) is 3.50. The van der Waals surface area contributed by atoms with Crippen molar-refractivity contribution in [3.63, 3.8) is 0 Å². The molecule has 2 fully saturated rings. The maximum atomic E-state index is 13.9. The van der Waals surface area contributed by atoms with Crippen molar-refractivity contribution in [3.05, 3.63) is 59.9 Å². The fourth-order valence-electron chi connectivity index (χ4n) is 3.50. The van der Waals surface area contributed by atoms with Crippen LogP contribution in [0.3, 0.4) is 0 Å². The van der Waals surface area contributed by atoms with Crippen molar-refractivity contribution in [1.29, 1.82) is 0 Å². The van der Waals surface area contributed by atoms with Crippen molar-refractivity contribution in [2.45, 2.75) is 18.8 Å². The van der Waals surface area contributed by atoms with Gasteiger partial charge in [-0.15, -0.1) is 0 Å². The van der Waals surface area contributed by atoms with Crippen LogP contribution in [0, 0.1) is 5.82 Å². The van der Waals surface area contributed by atoms with Crippen LogP contribution in [0.5, 0.6) is 0 Å². The summed E-state index contributed by atoms with van der Waals surface area (Å²) in [4.78, 5) is 25.3. The van der Waals surface area contributed by atoms with Crippen LogP contribution in [0.15, 0.2) is 47.1 Å². The number of anilines is 1. The second-order valence-corrected chi connectivity index (χ2v) is 7.39. The van der Waals surface area contributed by atoms with Crippen LogP contribution in [0.25, 0.3) is 11.4 Å². The van der Waals surface area contributed by atoms with Crippen LogP contribution in [0.4, 0.5) is 10.2 Å². The first-order valence-electron chi connectivity index (χ1n) is 9.78. The van der Waals surface area contributed by atoms with E-state index in [1.807, 2.05) is 12.1 Å². The Kier molecular flexibility index (Phi) is 4.46. The van der Waals surface area contributed by atoms with E-state index in [9.17, 15) is 9.18 Å². The molecule has 2 aliphatic rings. The monoisotopic (exact) mass is 393 g/mol. The first-order valence-corrected chi connectivity index (χ1v) is 9.78. The molecule has 7 nitrogen and oxygen atoms in total. The minimum Gasteiger partial charge on any atom is -0.353 e. The van der Waals surface area contributed by atoms with Crippen molar-refractivity contribution in [3.8, 4) is 11.4 Å². The number of hydrogen-bond donors (Lipinski definition) is 0. The van der Waals surface area contributed by atoms with Gasteiger partial charge in [0, 0.05) is 43.9 Å². The standard InChI is InChI=1S/C21H20FN5O2/c22-17-4-2-1-3-16(17)21(28)27-11-9-26(10-12-27)18-8-7-15(13-23-18)19-24-20(29-25-19)14-5-6-14/h1-4,7-8,13-14H,5-6,9-12H2. The zero-order valence-corrected chi connectivity index (χ0v) is 15.8. The first-order chi connectivity index (χ1) is 14.2. The van der Waals surface area contributed by atoms with E-state index in [1.165, 1.54) is 12.1 Å². The number of nitrogens with zero attached hydrogens (tertiary/aromatic N) is 5. The number of hydrogen-bond acceptors (Lipinski definition) is 6. The predicted octanol–water partition coefficient (Wildman–Crippen LogP) is 3.11. The third kappa shape index (κ3) is 3.57. The summed E-state index contributed by atoms with van der Waals surface area (Å²) in [7, 11) is 0. The molecule has 1 saturated heterocycles. The maximum Gasteiger partial charge on any atom is 0.256 e. The van der Waals surface area contributed by atoms with Crippen LogP contribution in [-0.2, 0) is 0 Å². The largest absolute Gasteiger partial charge is 0.353 e. The minimum absolute atomic E-state index is 0.120. The van der Waals surface area contributed by atoms with Crippen molar-refractivity contribution in [1.82, 2.24) is 20.0 Å². The molecule has 3 aromatic rings. The summed E-state index contributed by atoms with van der Waals surface area (Å²) in [6, 6.07) is 9.96. The van der Waals surface area contributed by atoms with Crippen molar-refractivity contribution in [2.75, 3.05) is 31.1 Å². The number of aromatic nitrogens is 3. The molecule has 1 amide bonds. The minimum atomic E-state index is -0.483. The van der Waals surface area contributed by atoms with Crippen molar-refractivity contribution in [2.24, 2.45) is 0 Å². The highest BCUT2D eigenvalue weighted by atomic mass is 19.1. The molecule has 2 aromatic heterocycles. The van der Waals surface area contributed by atoms with E-state index in [4.69, 9.17) is 4.52 Å². The van der Waals surface area contributed by atoms with Gasteiger partial charge in [0.05, 0.1) is 5.56 Å². The lowest BCUT2D eigenvalue weighted by molar-refractivity contribution is 0.0742. The van der Waals surface area contributed by atoms with E-state index in [-0.39, 0.29) is 11.5 Å². The Bertz CT molecular complexity index is 1020. The van der Waals surface area contributed by atoms with Gasteiger partial charge in [0.1, 0.15) is 11.6 Å². The molecule has 5 rings (SSSR count). The van der Waals surface area contributed by atoms with Crippen molar-refractivity contribution < 1.29 is 13.7 Å². The SMILES string of the molecule is O=C(c1ccccc1F)N1CCN(c2ccc(-c3noc(C4CC4)n3)cn2)CC1. The third-order valence-electron chi connectivity index (χ3n) is 5.37. The lowest BCUT2D eigenvalue weighted by Gasteiger charge is -2.35. The summed E-state index contributed by atoms with van der Waals surface area (Å²) in [5.41, 5.74) is 0.937. The summed E-state index contributed by atoms with van der Waals surface area (Å²) in [5.74, 6) is 1.77. The quantitative estimate of drug-likeness (QED) is 0.678. The molecule has 0 atom stereocenters. The van der Waals surface area contributed by atoms with Crippen LogP contribution >= 0.6 is 0 Å². The van der Waals surface area contributed by atoms with Gasteiger partial charge in [-0.2, -0.15) is 4.98 Å². The normalized spacial score (nSPS) is 16.9. The van der Waals surface area contributed by atoms with E-state index < -0.39 is 5.82 Å². The third-order valence-corrected chi connectivity index (χ3v) is 5.37. The zero-order chi connectivity index (χ0) is 19.8. The number of piperazine rings is 1. The summed E-state index contributed by atoms with van der Waals surface area (Å²) < 4.78 is 19.2. The molecule has 148 valence electrons. The molecule has 1 saturated carbocycles. The van der Waals surface area contributed by atoms with Gasteiger partial charge in [0.25, 0.3) is 5.91 Å². The Balaban J connectivity index is 1.22. The van der Waals surface area contributed by atoms with E-state index in [1.54, 1.807) is 23.2 Å². The molecule has 8 heteroatoms. The topological polar surface area (TPSA) is 75.4 Å². The molecule has 1 aliphatic heterocycles. The summed E-state index contributed by atoms with van der Waals surface area (Å²) in [6.45, 7) is 2.32. The van der Waals surface area contributed by atoms with Gasteiger partial charge in [0.2, 0.25) is 11.7 Å². The van der Waals surface area contributed by atoms with Gasteiger partial charge in [-0.25, -0.2) is 9.37 Å². The molecule has 0 N–H and O–H groups in total. The maximum absolute atomic E-state index is 13.9. The van der Waals surface area contributed by atoms with Crippen molar-refractivity contribution >= 4 is 11.7 Å². The highest BCUT2D eigenvalue weighted by Crippen LogP contribution is 2.39. The zero-order valence-electron chi connectivity index (χ0n) is 15.8. The van der Waals surface area contributed by atoms with Gasteiger partial charge in [-0.1, -0.05) is 17.3 Å². The molecule has 29 heavy (non-hydrogen) atoms. The molecule has 0 radical (unpaired) electrons. The van der Waals surface area contributed by atoms with Gasteiger partial charge >= 0.3 is 0 Å². The first kappa shape index (κ1) is 17.8. The van der Waals surface area contributed by atoms with E-state index in [2.05, 4.69) is 20.0 Å². The second kappa shape index (κ2) is 7.27. The number of carbonyl (C=O) groups excluding carboxylic acids is 1. The number of rotatable bonds is 4. The van der Waals surface area contributed by atoms with Crippen LogP contribution < -0.4 is 4.90 Å². The van der Waals surface area contributed by atoms with E-state index in [0.29, 0.717) is 43.8 Å². The van der Waals surface area contributed by atoms with Gasteiger partial charge in [-0.3, -0.25) is 4.79 Å². The van der Waals surface area contributed by atoms with E-state index >= 15 is 0 Å². The average Bonchev–Trinajstić information content (AvgIpc) is 3.50. The molecule has 1 aliphatic carbocycles. The Morgan fingerprint density at radius 2 is 1.86 bits per heavy atom. The molecule has 0 unspecified atom stereocenters. The predicted molar refractivity (Wildman–Crippen MR) is 104 cm³/mol. The average molecular weight is 393 g/mol. The molecule has 1 aromatic carbocycles. The molecular weight excluding hydrogens is 373 g/mol. The summed E-state index contributed by atoms with van der Waals surface area (Å²) in [6.07, 6.45) is 3.97. The fraction of sp³-hybridized carbons (Fsp3) is 0.333. The Labute approximate surface area is 167 Å². The molecule has 0 bridgehead atoms.